The number of pyridine rings is 2. The Morgan fingerprint density at radius 1 is 0.704 bits per heavy atom. The molecule has 1 aliphatic rings. The van der Waals surface area contributed by atoms with Crippen molar-refractivity contribution >= 4 is 32.7 Å². The third kappa shape index (κ3) is 7.43. The molecule has 1 radical (unpaired) electrons. The SMILES string of the molecule is [2H]C([2H])([2H])c1c[c-]c(-c2cc(C([2H])([2H])[2H])c(C([2H])([2H])[2H])cn2)cc1-c1ccccc1.[2H]C([2H])([2H])c1cnc(-c2[c-]ccc3c2oc2c4ccccc4ccc32)cc1C1([2H])CCC(C)(C)CC1.[Ir]. The van der Waals surface area contributed by atoms with Gasteiger partial charge in [0.25, 0.3) is 0 Å². The molecule has 0 saturated heterocycles. The van der Waals surface area contributed by atoms with Crippen molar-refractivity contribution in [3.63, 3.8) is 0 Å². The summed E-state index contributed by atoms with van der Waals surface area (Å²) < 4.78 is 110. The molecule has 1 aliphatic carbocycles. The quantitative estimate of drug-likeness (QED) is 0.165. The van der Waals surface area contributed by atoms with Gasteiger partial charge >= 0.3 is 0 Å². The minimum atomic E-state index is -2.65. The second-order valence-corrected chi connectivity index (χ2v) is 14.4. The van der Waals surface area contributed by atoms with Gasteiger partial charge in [0.15, 0.2) is 0 Å². The zero-order chi connectivity index (χ0) is 47.6. The van der Waals surface area contributed by atoms with Gasteiger partial charge in [0.2, 0.25) is 0 Å². The number of furan rings is 1. The average molecular weight is 896 g/mol. The summed E-state index contributed by atoms with van der Waals surface area (Å²) in [7, 11) is 0. The largest absolute Gasteiger partial charge is 0.500 e. The smallest absolute Gasteiger partial charge is 0.128 e. The minimum absolute atomic E-state index is 0. The first-order valence-electron chi connectivity index (χ1n) is 24.2. The molecule has 0 N–H and O–H groups in total. The molecule has 3 aromatic heterocycles. The number of rotatable bonds is 4. The number of benzene rings is 5. The van der Waals surface area contributed by atoms with Gasteiger partial charge in [-0.15, -0.1) is 47.5 Å². The summed E-state index contributed by atoms with van der Waals surface area (Å²) in [5.74, 6) is -0.963. The number of aryl methyl sites for hydroxylation is 4. The number of aromatic nitrogens is 2. The van der Waals surface area contributed by atoms with Crippen LogP contribution < -0.4 is 0 Å². The van der Waals surface area contributed by atoms with E-state index in [0.29, 0.717) is 51.9 Å². The second-order valence-electron chi connectivity index (χ2n) is 14.4. The monoisotopic (exact) mass is 896 g/mol. The van der Waals surface area contributed by atoms with Crippen LogP contribution in [0.1, 0.15) is 91.1 Å². The van der Waals surface area contributed by atoms with Crippen molar-refractivity contribution in [2.75, 3.05) is 0 Å². The summed E-state index contributed by atoms with van der Waals surface area (Å²) in [6.45, 7) is -5.55. The van der Waals surface area contributed by atoms with E-state index in [9.17, 15) is 1.37 Å². The second kappa shape index (κ2) is 15.5. The zero-order valence-electron chi connectivity index (χ0n) is 42.9. The van der Waals surface area contributed by atoms with Crippen molar-refractivity contribution in [1.29, 1.82) is 0 Å². The first-order chi connectivity index (χ1) is 30.8. The van der Waals surface area contributed by atoms with Crippen molar-refractivity contribution in [2.45, 2.75) is 72.8 Å². The predicted molar refractivity (Wildman–Crippen MR) is 221 cm³/mol. The Morgan fingerprint density at radius 3 is 2.22 bits per heavy atom. The van der Waals surface area contributed by atoms with Gasteiger partial charge in [-0.1, -0.05) is 122 Å². The molecule has 0 bridgehead atoms. The topological polar surface area (TPSA) is 38.9 Å². The average Bonchev–Trinajstić information content (AvgIpc) is 3.66. The fraction of sp³-hybridized carbons (Fsp3) is 0.240. The van der Waals surface area contributed by atoms with E-state index in [1.165, 1.54) is 18.3 Å². The van der Waals surface area contributed by atoms with Crippen LogP contribution in [0.4, 0.5) is 0 Å². The third-order valence-electron chi connectivity index (χ3n) is 10.3. The molecule has 0 amide bonds. The molecule has 1 saturated carbocycles. The number of nitrogens with zero attached hydrogens (tertiary/aromatic N) is 2. The number of hydrogen-bond donors (Lipinski definition) is 0. The van der Waals surface area contributed by atoms with E-state index >= 15 is 0 Å². The van der Waals surface area contributed by atoms with E-state index in [2.05, 4.69) is 60.2 Å². The van der Waals surface area contributed by atoms with Gasteiger partial charge in [-0.3, -0.25) is 0 Å². The minimum Gasteiger partial charge on any atom is -0.500 e. The van der Waals surface area contributed by atoms with Crippen LogP contribution in [0.3, 0.4) is 0 Å². The van der Waals surface area contributed by atoms with Crippen LogP contribution in [-0.2, 0) is 20.1 Å². The van der Waals surface area contributed by atoms with Crippen molar-refractivity contribution in [3.05, 3.63) is 155 Å². The van der Waals surface area contributed by atoms with E-state index in [1.807, 2.05) is 36.4 Å². The van der Waals surface area contributed by atoms with E-state index in [-0.39, 0.29) is 53.5 Å². The number of hydrogen-bond acceptors (Lipinski definition) is 3. The zero-order valence-corrected chi connectivity index (χ0v) is 32.3. The summed E-state index contributed by atoms with van der Waals surface area (Å²) in [6, 6.07) is 37.2. The summed E-state index contributed by atoms with van der Waals surface area (Å²) >= 11 is 0. The van der Waals surface area contributed by atoms with Crippen LogP contribution in [-0.4, -0.2) is 9.97 Å². The van der Waals surface area contributed by atoms with Crippen LogP contribution in [0.2, 0.25) is 0 Å². The summed E-state index contributed by atoms with van der Waals surface area (Å²) in [5.41, 5.74) is 4.78. The van der Waals surface area contributed by atoms with E-state index < -0.39 is 33.3 Å². The molecule has 0 aliphatic heterocycles. The molecule has 5 aromatic carbocycles. The maximum absolute atomic E-state index is 9.35. The van der Waals surface area contributed by atoms with Crippen LogP contribution in [0, 0.1) is 45.0 Å². The Bertz CT molecular complexity index is 3090. The third-order valence-corrected chi connectivity index (χ3v) is 10.3. The molecule has 9 rings (SSSR count). The first kappa shape index (κ1) is 24.5. The van der Waals surface area contributed by atoms with Gasteiger partial charge in [0.1, 0.15) is 5.58 Å². The Morgan fingerprint density at radius 2 is 1.43 bits per heavy atom. The van der Waals surface area contributed by atoms with Crippen molar-refractivity contribution in [1.82, 2.24) is 9.97 Å². The normalized spacial score (nSPS) is 19.2. The van der Waals surface area contributed by atoms with Gasteiger partial charge in [-0.2, -0.15) is 0 Å². The van der Waals surface area contributed by atoms with Gasteiger partial charge in [0.05, 0.1) is 5.58 Å². The van der Waals surface area contributed by atoms with Crippen molar-refractivity contribution in [2.24, 2.45) is 5.41 Å². The first-order valence-corrected chi connectivity index (χ1v) is 17.7. The molecule has 0 atom stereocenters. The van der Waals surface area contributed by atoms with Crippen LogP contribution >= 0.6 is 0 Å². The van der Waals surface area contributed by atoms with Gasteiger partial charge in [-0.05, 0) is 96.6 Å². The molecule has 1 fully saturated rings. The van der Waals surface area contributed by atoms with Gasteiger partial charge in [-0.25, -0.2) is 0 Å². The molecule has 0 spiro atoms. The molecular formula is C50H46IrN2O-2. The summed E-state index contributed by atoms with van der Waals surface area (Å²) in [4.78, 5) is 8.71. The predicted octanol–water partition coefficient (Wildman–Crippen LogP) is 13.7. The Balaban J connectivity index is 0.000000200. The molecule has 3 nitrogen and oxygen atoms in total. The van der Waals surface area contributed by atoms with Crippen LogP contribution in [0.25, 0.3) is 66.4 Å². The summed E-state index contributed by atoms with van der Waals surface area (Å²) in [5, 5.41) is 4.13. The molecular weight excluding hydrogens is 837 g/mol. The summed E-state index contributed by atoms with van der Waals surface area (Å²) in [6.07, 6.45) is 5.49. The maximum atomic E-state index is 9.35. The Hall–Kier alpha value is -4.89. The van der Waals surface area contributed by atoms with E-state index in [1.54, 1.807) is 30.3 Å². The van der Waals surface area contributed by atoms with Crippen molar-refractivity contribution in [3.8, 4) is 33.6 Å². The molecule has 3 heterocycles. The fourth-order valence-corrected chi connectivity index (χ4v) is 7.14. The van der Waals surface area contributed by atoms with Crippen molar-refractivity contribution < 1.29 is 42.3 Å². The fourth-order valence-electron chi connectivity index (χ4n) is 7.14. The van der Waals surface area contributed by atoms with E-state index in [4.69, 9.17) is 20.9 Å². The Labute approximate surface area is 351 Å². The molecule has 4 heteroatoms. The molecule has 273 valence electrons. The van der Waals surface area contributed by atoms with E-state index in [0.717, 1.165) is 46.2 Å². The van der Waals surface area contributed by atoms with Gasteiger partial charge < -0.3 is 14.4 Å². The van der Waals surface area contributed by atoms with Crippen LogP contribution in [0.15, 0.2) is 120 Å². The standard InChI is InChI=1S/C30H28NO.C20H18N.Ir/c1-19-18-31-27(17-26(19)21-13-15-30(2,3)16-14-21)25-10-6-9-23-24-12-11-20-7-4-5-8-22(20)28(24)32-29(23)25;1-14-9-10-18(20-11-15(2)16(3)13-21-20)12-19(14)17-7-5-4-6-8-17;/h4-9,11-12,17-18,21H,13-16H2,1-3H3;4-9,11-13H,1-3H3;/q2*-1;/i1D3,21D;1D3,2D3,3D3;. The Kier molecular flexibility index (Phi) is 7.01. The molecule has 0 unspecified atom stereocenters. The number of fused-ring (bicyclic) bond motifs is 5. The van der Waals surface area contributed by atoms with Gasteiger partial charge in [0, 0.05) is 61.1 Å². The van der Waals surface area contributed by atoms with Crippen LogP contribution in [0.5, 0.6) is 0 Å². The maximum Gasteiger partial charge on any atom is 0.128 e. The molecule has 54 heavy (non-hydrogen) atoms. The molecule has 8 aromatic rings.